The maximum atomic E-state index is 11.7. The first-order chi connectivity index (χ1) is 8.65. The average Bonchev–Trinajstić information content (AvgIpc) is 2.42. The fraction of sp³-hybridized carbons (Fsp3) is 0.385. The second-order valence-corrected chi connectivity index (χ2v) is 3.96. The lowest BCUT2D eigenvalue weighted by atomic mass is 10.1. The number of amides is 2. The molecule has 0 aromatic heterocycles. The van der Waals surface area contributed by atoms with Crippen molar-refractivity contribution in [3.8, 4) is 0 Å². The van der Waals surface area contributed by atoms with Gasteiger partial charge < -0.3 is 16.4 Å². The summed E-state index contributed by atoms with van der Waals surface area (Å²) in [6.45, 7) is 2.53. The van der Waals surface area contributed by atoms with Gasteiger partial charge in [0.15, 0.2) is 0 Å². The van der Waals surface area contributed by atoms with Gasteiger partial charge in [0.05, 0.1) is 6.54 Å². The molecule has 0 saturated carbocycles. The molecule has 5 nitrogen and oxygen atoms in total. The first kappa shape index (κ1) is 14.2. The van der Waals surface area contributed by atoms with Gasteiger partial charge in [-0.3, -0.25) is 9.59 Å². The molecule has 1 aromatic rings. The second kappa shape index (κ2) is 7.45. The molecule has 1 rings (SSSR count). The van der Waals surface area contributed by atoms with E-state index in [0.717, 1.165) is 12.0 Å². The Morgan fingerprint density at radius 3 is 2.50 bits per heavy atom. The van der Waals surface area contributed by atoms with Crippen LogP contribution in [0.1, 0.15) is 24.9 Å². The highest BCUT2D eigenvalue weighted by atomic mass is 16.2. The highest BCUT2D eigenvalue weighted by molar-refractivity contribution is 5.87. The summed E-state index contributed by atoms with van der Waals surface area (Å²) in [4.78, 5) is 23.0. The molecule has 0 heterocycles. The standard InChI is InChI=1S/C13H19N3O2/c1-2-8-15-11(17)9-16-13(18)12(14)10-6-4-3-5-7-10/h3-7,12H,2,8-9,14H2,1H3,(H,15,17)(H,16,18)/t12-/m0/s1. The summed E-state index contributed by atoms with van der Waals surface area (Å²) in [6.07, 6.45) is 0.864. The third kappa shape index (κ3) is 4.55. The number of hydrogen-bond acceptors (Lipinski definition) is 3. The van der Waals surface area contributed by atoms with E-state index in [0.29, 0.717) is 6.54 Å². The normalized spacial score (nSPS) is 11.7. The van der Waals surface area contributed by atoms with Crippen LogP contribution in [0.3, 0.4) is 0 Å². The van der Waals surface area contributed by atoms with Crippen LogP contribution in [0.25, 0.3) is 0 Å². The monoisotopic (exact) mass is 249 g/mol. The minimum absolute atomic E-state index is 0.0423. The van der Waals surface area contributed by atoms with Crippen LogP contribution in [-0.4, -0.2) is 24.9 Å². The van der Waals surface area contributed by atoms with Crippen molar-refractivity contribution in [2.75, 3.05) is 13.1 Å². The van der Waals surface area contributed by atoms with E-state index in [-0.39, 0.29) is 18.4 Å². The number of carbonyl (C=O) groups excluding carboxylic acids is 2. The Bertz CT molecular complexity index is 392. The van der Waals surface area contributed by atoms with E-state index in [1.807, 2.05) is 25.1 Å². The van der Waals surface area contributed by atoms with Crippen LogP contribution in [-0.2, 0) is 9.59 Å². The largest absolute Gasteiger partial charge is 0.355 e. The van der Waals surface area contributed by atoms with Crippen LogP contribution in [0, 0.1) is 0 Å². The van der Waals surface area contributed by atoms with Crippen molar-refractivity contribution in [1.29, 1.82) is 0 Å². The average molecular weight is 249 g/mol. The molecule has 0 fully saturated rings. The third-order valence-electron chi connectivity index (χ3n) is 2.44. The van der Waals surface area contributed by atoms with Crippen molar-refractivity contribution < 1.29 is 9.59 Å². The summed E-state index contributed by atoms with van der Waals surface area (Å²) in [5.74, 6) is -0.557. The Kier molecular flexibility index (Phi) is 5.87. The second-order valence-electron chi connectivity index (χ2n) is 3.96. The summed E-state index contributed by atoms with van der Waals surface area (Å²) < 4.78 is 0. The van der Waals surface area contributed by atoms with Crippen molar-refractivity contribution in [2.45, 2.75) is 19.4 Å². The Morgan fingerprint density at radius 2 is 1.89 bits per heavy atom. The Balaban J connectivity index is 2.39. The van der Waals surface area contributed by atoms with Crippen LogP contribution in [0.5, 0.6) is 0 Å². The van der Waals surface area contributed by atoms with Crippen LogP contribution in [0.2, 0.25) is 0 Å². The van der Waals surface area contributed by atoms with E-state index < -0.39 is 6.04 Å². The molecule has 0 saturated heterocycles. The molecule has 98 valence electrons. The molecule has 0 radical (unpaired) electrons. The molecular weight excluding hydrogens is 230 g/mol. The van der Waals surface area contributed by atoms with E-state index in [4.69, 9.17) is 5.73 Å². The highest BCUT2D eigenvalue weighted by Crippen LogP contribution is 2.08. The molecule has 0 bridgehead atoms. The van der Waals surface area contributed by atoms with E-state index in [9.17, 15) is 9.59 Å². The van der Waals surface area contributed by atoms with Crippen LogP contribution >= 0.6 is 0 Å². The Morgan fingerprint density at radius 1 is 1.22 bits per heavy atom. The van der Waals surface area contributed by atoms with Crippen LogP contribution < -0.4 is 16.4 Å². The molecule has 5 heteroatoms. The summed E-state index contributed by atoms with van der Waals surface area (Å²) in [5.41, 5.74) is 6.51. The van der Waals surface area contributed by atoms with Gasteiger partial charge in [-0.15, -0.1) is 0 Å². The SMILES string of the molecule is CCCNC(=O)CNC(=O)[C@@H](N)c1ccccc1. The summed E-state index contributed by atoms with van der Waals surface area (Å²) in [6, 6.07) is 8.30. The Hall–Kier alpha value is -1.88. The minimum atomic E-state index is -0.745. The minimum Gasteiger partial charge on any atom is -0.355 e. The third-order valence-corrected chi connectivity index (χ3v) is 2.44. The molecule has 4 N–H and O–H groups in total. The van der Waals surface area contributed by atoms with E-state index in [1.54, 1.807) is 12.1 Å². The molecule has 2 amide bonds. The molecule has 0 unspecified atom stereocenters. The molecule has 0 aliphatic heterocycles. The maximum Gasteiger partial charge on any atom is 0.241 e. The zero-order valence-corrected chi connectivity index (χ0v) is 10.5. The number of benzene rings is 1. The van der Waals surface area contributed by atoms with Crippen LogP contribution in [0.4, 0.5) is 0 Å². The van der Waals surface area contributed by atoms with E-state index >= 15 is 0 Å². The summed E-state index contributed by atoms with van der Waals surface area (Å²) >= 11 is 0. The number of carbonyl (C=O) groups is 2. The van der Waals surface area contributed by atoms with Gasteiger partial charge in [-0.05, 0) is 12.0 Å². The number of nitrogens with one attached hydrogen (secondary N) is 2. The fourth-order valence-electron chi connectivity index (χ4n) is 1.42. The molecule has 1 aromatic carbocycles. The Labute approximate surface area is 107 Å². The number of hydrogen-bond donors (Lipinski definition) is 3. The van der Waals surface area contributed by atoms with E-state index in [2.05, 4.69) is 10.6 Å². The zero-order chi connectivity index (χ0) is 13.4. The van der Waals surface area contributed by atoms with Gasteiger partial charge in [-0.1, -0.05) is 37.3 Å². The van der Waals surface area contributed by atoms with Crippen molar-refractivity contribution in [2.24, 2.45) is 5.73 Å². The van der Waals surface area contributed by atoms with Crippen molar-refractivity contribution >= 4 is 11.8 Å². The zero-order valence-electron chi connectivity index (χ0n) is 10.5. The summed E-state index contributed by atoms with van der Waals surface area (Å²) in [5, 5.41) is 5.19. The first-order valence-corrected chi connectivity index (χ1v) is 6.00. The quantitative estimate of drug-likeness (QED) is 0.679. The lowest BCUT2D eigenvalue weighted by molar-refractivity contribution is -0.126. The van der Waals surface area contributed by atoms with Gasteiger partial charge in [0.1, 0.15) is 6.04 Å². The van der Waals surface area contributed by atoms with Crippen molar-refractivity contribution in [3.05, 3.63) is 35.9 Å². The maximum absolute atomic E-state index is 11.7. The molecular formula is C13H19N3O2. The van der Waals surface area contributed by atoms with Gasteiger partial charge in [-0.25, -0.2) is 0 Å². The van der Waals surface area contributed by atoms with Crippen LogP contribution in [0.15, 0.2) is 30.3 Å². The summed E-state index contributed by atoms with van der Waals surface area (Å²) in [7, 11) is 0. The van der Waals surface area contributed by atoms with Gasteiger partial charge >= 0.3 is 0 Å². The van der Waals surface area contributed by atoms with Gasteiger partial charge in [0, 0.05) is 6.54 Å². The molecule has 0 spiro atoms. The van der Waals surface area contributed by atoms with Gasteiger partial charge in [0.2, 0.25) is 11.8 Å². The predicted molar refractivity (Wildman–Crippen MR) is 69.7 cm³/mol. The lowest BCUT2D eigenvalue weighted by Gasteiger charge is -2.12. The van der Waals surface area contributed by atoms with E-state index in [1.165, 1.54) is 0 Å². The number of nitrogens with two attached hydrogens (primary N) is 1. The van der Waals surface area contributed by atoms with Crippen molar-refractivity contribution in [3.63, 3.8) is 0 Å². The predicted octanol–water partition coefficient (Wildman–Crippen LogP) is 0.329. The lowest BCUT2D eigenvalue weighted by Crippen LogP contribution is -2.41. The molecule has 0 aliphatic rings. The first-order valence-electron chi connectivity index (χ1n) is 6.00. The highest BCUT2D eigenvalue weighted by Gasteiger charge is 2.15. The van der Waals surface area contributed by atoms with Gasteiger partial charge in [-0.2, -0.15) is 0 Å². The fourth-order valence-corrected chi connectivity index (χ4v) is 1.42. The smallest absolute Gasteiger partial charge is 0.241 e. The topological polar surface area (TPSA) is 84.2 Å². The molecule has 1 atom stereocenters. The molecule has 0 aliphatic carbocycles. The van der Waals surface area contributed by atoms with Gasteiger partial charge in [0.25, 0.3) is 0 Å². The number of rotatable bonds is 6. The molecule has 18 heavy (non-hydrogen) atoms. The van der Waals surface area contributed by atoms with Crippen molar-refractivity contribution in [1.82, 2.24) is 10.6 Å².